The van der Waals surface area contributed by atoms with Crippen molar-refractivity contribution in [3.63, 3.8) is 0 Å². The Morgan fingerprint density at radius 1 is 1.00 bits per heavy atom. The van der Waals surface area contributed by atoms with E-state index in [-0.39, 0.29) is 17.9 Å². The Balaban J connectivity index is 1.85. The maximum atomic E-state index is 13.0. The number of likely N-dealkylation sites (tertiary alicyclic amines) is 1. The van der Waals surface area contributed by atoms with Crippen molar-refractivity contribution in [2.45, 2.75) is 12.6 Å². The number of aliphatic hydroxyl groups is 1. The number of Topliss-reactive ketones (excluding diaryl/α,β-unsaturated/α-hetero) is 1. The Hall–Kier alpha value is -3.93. The van der Waals surface area contributed by atoms with Gasteiger partial charge in [-0.3, -0.25) is 14.6 Å². The summed E-state index contributed by atoms with van der Waals surface area (Å²) in [7, 11) is 1.57. The van der Waals surface area contributed by atoms with E-state index in [0.717, 1.165) is 0 Å². The van der Waals surface area contributed by atoms with Gasteiger partial charge in [0.25, 0.3) is 11.7 Å². The van der Waals surface area contributed by atoms with Crippen molar-refractivity contribution in [2.75, 3.05) is 7.11 Å². The van der Waals surface area contributed by atoms with Crippen molar-refractivity contribution in [1.29, 1.82) is 0 Å². The average Bonchev–Trinajstić information content (AvgIpc) is 3.05. The van der Waals surface area contributed by atoms with Crippen LogP contribution in [0.2, 0.25) is 0 Å². The van der Waals surface area contributed by atoms with Gasteiger partial charge in [-0.2, -0.15) is 0 Å². The minimum atomic E-state index is -0.738. The average molecular weight is 400 g/mol. The Morgan fingerprint density at radius 3 is 2.33 bits per heavy atom. The SMILES string of the molecule is COc1ccc(C2/C(=C(\O)c3ccccc3)C(=O)C(=O)N2Cc2ccccn2)cc1. The van der Waals surface area contributed by atoms with Crippen molar-refractivity contribution in [3.05, 3.63) is 101 Å². The predicted molar refractivity (Wildman–Crippen MR) is 112 cm³/mol. The molecule has 0 bridgehead atoms. The van der Waals surface area contributed by atoms with Crippen molar-refractivity contribution >= 4 is 17.4 Å². The van der Waals surface area contributed by atoms with Crippen LogP contribution in [0.5, 0.6) is 5.75 Å². The molecule has 1 N–H and O–H groups in total. The maximum absolute atomic E-state index is 13.0. The Bertz CT molecular complexity index is 1090. The van der Waals surface area contributed by atoms with Gasteiger partial charge in [0.15, 0.2) is 0 Å². The fourth-order valence-corrected chi connectivity index (χ4v) is 3.59. The molecule has 0 radical (unpaired) electrons. The molecule has 150 valence electrons. The summed E-state index contributed by atoms with van der Waals surface area (Å²) in [5, 5.41) is 11.0. The number of benzene rings is 2. The topological polar surface area (TPSA) is 79.7 Å². The third-order valence-corrected chi connectivity index (χ3v) is 5.08. The fourth-order valence-electron chi connectivity index (χ4n) is 3.59. The second kappa shape index (κ2) is 8.21. The number of pyridine rings is 1. The molecule has 1 atom stereocenters. The van der Waals surface area contributed by atoms with E-state index in [1.165, 1.54) is 4.90 Å². The third kappa shape index (κ3) is 3.55. The van der Waals surface area contributed by atoms with Crippen LogP contribution >= 0.6 is 0 Å². The number of nitrogens with zero attached hydrogens (tertiary/aromatic N) is 2. The van der Waals surface area contributed by atoms with Gasteiger partial charge >= 0.3 is 0 Å². The van der Waals surface area contributed by atoms with E-state index in [2.05, 4.69) is 4.98 Å². The van der Waals surface area contributed by atoms with Crippen LogP contribution in [0, 0.1) is 0 Å². The first kappa shape index (κ1) is 19.4. The lowest BCUT2D eigenvalue weighted by Gasteiger charge is -2.25. The second-order valence-electron chi connectivity index (χ2n) is 6.89. The summed E-state index contributed by atoms with van der Waals surface area (Å²) in [6, 6.07) is 20.5. The van der Waals surface area contributed by atoms with Gasteiger partial charge in [0, 0.05) is 11.8 Å². The van der Waals surface area contributed by atoms with Crippen LogP contribution in [0.15, 0.2) is 84.6 Å². The van der Waals surface area contributed by atoms with Gasteiger partial charge in [0.05, 0.1) is 31.0 Å². The van der Waals surface area contributed by atoms with Crippen molar-refractivity contribution in [1.82, 2.24) is 9.88 Å². The quantitative estimate of drug-likeness (QED) is 0.401. The van der Waals surface area contributed by atoms with Gasteiger partial charge in [-0.25, -0.2) is 0 Å². The number of methoxy groups -OCH3 is 1. The molecule has 0 saturated carbocycles. The van der Waals surface area contributed by atoms with Crippen molar-refractivity contribution < 1.29 is 19.4 Å². The van der Waals surface area contributed by atoms with Crippen LogP contribution in [-0.4, -0.2) is 33.8 Å². The molecule has 4 rings (SSSR count). The number of aliphatic hydroxyl groups excluding tert-OH is 1. The highest BCUT2D eigenvalue weighted by Crippen LogP contribution is 2.40. The van der Waals surface area contributed by atoms with Crippen LogP contribution < -0.4 is 4.74 Å². The molecule has 2 aromatic carbocycles. The molecule has 1 saturated heterocycles. The lowest BCUT2D eigenvalue weighted by atomic mass is 9.95. The summed E-state index contributed by atoms with van der Waals surface area (Å²) in [4.78, 5) is 31.6. The van der Waals surface area contributed by atoms with Gasteiger partial charge < -0.3 is 14.7 Å². The number of amides is 1. The van der Waals surface area contributed by atoms with E-state index in [4.69, 9.17) is 4.74 Å². The summed E-state index contributed by atoms with van der Waals surface area (Å²) in [5.74, 6) is -0.922. The minimum absolute atomic E-state index is 0.0623. The van der Waals surface area contributed by atoms with E-state index >= 15 is 0 Å². The van der Waals surface area contributed by atoms with E-state index in [9.17, 15) is 14.7 Å². The molecule has 30 heavy (non-hydrogen) atoms. The highest BCUT2D eigenvalue weighted by Gasteiger charge is 2.46. The van der Waals surface area contributed by atoms with Gasteiger partial charge in [-0.15, -0.1) is 0 Å². The first-order chi connectivity index (χ1) is 14.6. The number of aromatic nitrogens is 1. The molecule has 0 spiro atoms. The maximum Gasteiger partial charge on any atom is 0.296 e. The van der Waals surface area contributed by atoms with Crippen LogP contribution in [-0.2, 0) is 16.1 Å². The molecule has 3 aromatic rings. The molecule has 1 aliphatic rings. The molecule has 1 aliphatic heterocycles. The molecule has 1 amide bonds. The van der Waals surface area contributed by atoms with Gasteiger partial charge in [-0.1, -0.05) is 48.5 Å². The smallest absolute Gasteiger partial charge is 0.296 e. The third-order valence-electron chi connectivity index (χ3n) is 5.08. The largest absolute Gasteiger partial charge is 0.507 e. The van der Waals surface area contributed by atoms with E-state index in [1.54, 1.807) is 74.0 Å². The second-order valence-corrected chi connectivity index (χ2v) is 6.89. The molecule has 2 heterocycles. The first-order valence-electron chi connectivity index (χ1n) is 9.48. The van der Waals surface area contributed by atoms with E-state index < -0.39 is 17.7 Å². The fraction of sp³-hybridized carbons (Fsp3) is 0.125. The zero-order valence-electron chi connectivity index (χ0n) is 16.4. The minimum Gasteiger partial charge on any atom is -0.507 e. The van der Waals surface area contributed by atoms with E-state index in [0.29, 0.717) is 22.6 Å². The lowest BCUT2D eigenvalue weighted by molar-refractivity contribution is -0.140. The summed E-state index contributed by atoms with van der Waals surface area (Å²) >= 11 is 0. The molecular weight excluding hydrogens is 380 g/mol. The lowest BCUT2D eigenvalue weighted by Crippen LogP contribution is -2.29. The predicted octanol–water partition coefficient (Wildman–Crippen LogP) is 3.71. The number of ether oxygens (including phenoxy) is 1. The molecule has 1 unspecified atom stereocenters. The van der Waals surface area contributed by atoms with Crippen molar-refractivity contribution in [3.8, 4) is 5.75 Å². The zero-order valence-corrected chi connectivity index (χ0v) is 16.4. The Morgan fingerprint density at radius 2 is 1.70 bits per heavy atom. The number of hydrogen-bond donors (Lipinski definition) is 1. The zero-order chi connectivity index (χ0) is 21.1. The molecule has 1 aromatic heterocycles. The van der Waals surface area contributed by atoms with Crippen LogP contribution in [0.3, 0.4) is 0 Å². The molecule has 0 aliphatic carbocycles. The number of hydrogen-bond acceptors (Lipinski definition) is 5. The van der Waals surface area contributed by atoms with Gasteiger partial charge in [0.2, 0.25) is 0 Å². The Kier molecular flexibility index (Phi) is 5.30. The van der Waals surface area contributed by atoms with Crippen molar-refractivity contribution in [2.24, 2.45) is 0 Å². The summed E-state index contributed by atoms with van der Waals surface area (Å²) < 4.78 is 5.22. The van der Waals surface area contributed by atoms with E-state index in [1.807, 2.05) is 12.1 Å². The highest BCUT2D eigenvalue weighted by atomic mass is 16.5. The molecule has 1 fully saturated rings. The molecule has 6 heteroatoms. The van der Waals surface area contributed by atoms with Crippen LogP contribution in [0.4, 0.5) is 0 Å². The van der Waals surface area contributed by atoms with Crippen LogP contribution in [0.25, 0.3) is 5.76 Å². The molecule has 6 nitrogen and oxygen atoms in total. The summed E-state index contributed by atoms with van der Waals surface area (Å²) in [6.07, 6.45) is 1.64. The number of carbonyl (C=O) groups is 2. The number of ketones is 1. The number of carbonyl (C=O) groups excluding carboxylic acids is 2. The summed E-state index contributed by atoms with van der Waals surface area (Å²) in [6.45, 7) is 0.147. The normalized spacial score (nSPS) is 17.9. The standard InChI is InChI=1S/C24H20N2O4/c1-30-19-12-10-16(11-13-19)21-20(22(27)17-7-3-2-4-8-17)23(28)24(29)26(21)15-18-9-5-6-14-25-18/h2-14,21,27H,15H2,1H3/b22-20+. The summed E-state index contributed by atoms with van der Waals surface area (Å²) in [5.41, 5.74) is 1.89. The van der Waals surface area contributed by atoms with Crippen LogP contribution in [0.1, 0.15) is 22.9 Å². The first-order valence-corrected chi connectivity index (χ1v) is 9.48. The highest BCUT2D eigenvalue weighted by molar-refractivity contribution is 6.46. The van der Waals surface area contributed by atoms with Gasteiger partial charge in [-0.05, 0) is 29.8 Å². The number of rotatable bonds is 5. The monoisotopic (exact) mass is 400 g/mol. The Labute approximate surface area is 174 Å². The molecular formula is C24H20N2O4. The van der Waals surface area contributed by atoms with Gasteiger partial charge in [0.1, 0.15) is 11.5 Å².